The van der Waals surface area contributed by atoms with Crippen molar-refractivity contribution in [3.05, 3.63) is 35.9 Å². The van der Waals surface area contributed by atoms with Gasteiger partial charge in [0.2, 0.25) is 0 Å². The molecule has 1 saturated heterocycles. The monoisotopic (exact) mass is 290 g/mol. The molecule has 4 heteroatoms. The van der Waals surface area contributed by atoms with Crippen molar-refractivity contribution in [2.45, 2.75) is 12.5 Å². The van der Waals surface area contributed by atoms with Crippen LogP contribution >= 0.6 is 11.8 Å². The number of hydrogen-bond acceptors (Lipinski definition) is 4. The van der Waals surface area contributed by atoms with Gasteiger partial charge in [-0.1, -0.05) is 37.3 Å². The second-order valence-electron chi connectivity index (χ2n) is 5.20. The number of ether oxygens (including phenoxy) is 1. The van der Waals surface area contributed by atoms with Crippen LogP contribution in [0.4, 0.5) is 0 Å². The van der Waals surface area contributed by atoms with Crippen molar-refractivity contribution in [1.29, 1.82) is 5.26 Å². The molecule has 0 aromatic heterocycles. The highest BCUT2D eigenvalue weighted by Crippen LogP contribution is 2.37. The summed E-state index contributed by atoms with van der Waals surface area (Å²) in [5, 5.41) is 10.0. The summed E-state index contributed by atoms with van der Waals surface area (Å²) in [7, 11) is 0. The second-order valence-corrected chi connectivity index (χ2v) is 6.11. The fraction of sp³-hybridized carbons (Fsp3) is 0.562. The Kier molecular flexibility index (Phi) is 5.47. The first-order valence-corrected chi connectivity index (χ1v) is 8.43. The van der Waals surface area contributed by atoms with E-state index in [-0.39, 0.29) is 5.92 Å². The predicted octanol–water partition coefficient (Wildman–Crippen LogP) is 2.74. The van der Waals surface area contributed by atoms with Crippen LogP contribution in [-0.4, -0.2) is 43.2 Å². The number of hydrogen-bond donors (Lipinski definition) is 0. The fourth-order valence-electron chi connectivity index (χ4n) is 3.00. The van der Waals surface area contributed by atoms with E-state index in [1.807, 2.05) is 18.2 Å². The van der Waals surface area contributed by atoms with Crippen molar-refractivity contribution in [2.75, 3.05) is 38.3 Å². The van der Waals surface area contributed by atoms with Crippen molar-refractivity contribution < 1.29 is 4.74 Å². The minimum atomic E-state index is -0.548. The molecule has 1 aromatic rings. The van der Waals surface area contributed by atoms with Gasteiger partial charge in [0.1, 0.15) is 5.54 Å². The topological polar surface area (TPSA) is 36.3 Å². The number of morpholine rings is 1. The molecule has 0 N–H and O–H groups in total. The third-order valence-corrected chi connectivity index (χ3v) is 4.86. The van der Waals surface area contributed by atoms with Crippen LogP contribution in [0.1, 0.15) is 12.5 Å². The van der Waals surface area contributed by atoms with E-state index in [4.69, 9.17) is 4.74 Å². The maximum Gasteiger partial charge on any atom is 0.138 e. The van der Waals surface area contributed by atoms with E-state index >= 15 is 0 Å². The van der Waals surface area contributed by atoms with Gasteiger partial charge in [0, 0.05) is 19.0 Å². The van der Waals surface area contributed by atoms with Crippen molar-refractivity contribution in [3.63, 3.8) is 0 Å². The first kappa shape index (κ1) is 15.4. The van der Waals surface area contributed by atoms with E-state index in [0.717, 1.165) is 24.4 Å². The average molecular weight is 290 g/mol. The Hall–Kier alpha value is -1.02. The molecule has 0 bridgehead atoms. The van der Waals surface area contributed by atoms with Gasteiger partial charge in [-0.3, -0.25) is 4.90 Å². The summed E-state index contributed by atoms with van der Waals surface area (Å²) in [4.78, 5) is 2.30. The minimum absolute atomic E-state index is 0.267. The lowest BCUT2D eigenvalue weighted by Gasteiger charge is -2.44. The predicted molar refractivity (Wildman–Crippen MR) is 83.7 cm³/mol. The van der Waals surface area contributed by atoms with E-state index in [1.54, 1.807) is 11.8 Å². The van der Waals surface area contributed by atoms with Crippen LogP contribution in [-0.2, 0) is 10.3 Å². The third-order valence-electron chi connectivity index (χ3n) is 4.02. The van der Waals surface area contributed by atoms with Crippen LogP contribution < -0.4 is 0 Å². The molecular weight excluding hydrogens is 268 g/mol. The highest BCUT2D eigenvalue weighted by molar-refractivity contribution is 7.98. The Morgan fingerprint density at radius 1 is 1.35 bits per heavy atom. The quantitative estimate of drug-likeness (QED) is 0.835. The van der Waals surface area contributed by atoms with Gasteiger partial charge in [-0.25, -0.2) is 0 Å². The van der Waals surface area contributed by atoms with Crippen molar-refractivity contribution in [3.8, 4) is 6.07 Å². The maximum absolute atomic E-state index is 10.0. The highest BCUT2D eigenvalue weighted by atomic mass is 32.2. The van der Waals surface area contributed by atoms with Gasteiger partial charge in [0.15, 0.2) is 0 Å². The van der Waals surface area contributed by atoms with Gasteiger partial charge in [-0.05, 0) is 17.6 Å². The van der Waals surface area contributed by atoms with Crippen molar-refractivity contribution in [1.82, 2.24) is 4.90 Å². The molecule has 2 rings (SSSR count). The zero-order valence-electron chi connectivity index (χ0n) is 12.2. The Balaban J connectivity index is 2.43. The van der Waals surface area contributed by atoms with Crippen LogP contribution in [0.15, 0.2) is 30.3 Å². The third kappa shape index (κ3) is 2.85. The largest absolute Gasteiger partial charge is 0.379 e. The summed E-state index contributed by atoms with van der Waals surface area (Å²) in [5.41, 5.74) is 0.555. The summed E-state index contributed by atoms with van der Waals surface area (Å²) in [5.74, 6) is 1.24. The molecule has 0 saturated carbocycles. The molecule has 20 heavy (non-hydrogen) atoms. The molecule has 0 radical (unpaired) electrons. The maximum atomic E-state index is 10.0. The van der Waals surface area contributed by atoms with E-state index in [0.29, 0.717) is 13.2 Å². The van der Waals surface area contributed by atoms with E-state index in [2.05, 4.69) is 36.3 Å². The molecule has 0 amide bonds. The second kappa shape index (κ2) is 7.12. The Labute approximate surface area is 125 Å². The zero-order valence-corrected chi connectivity index (χ0v) is 13.0. The SMILES string of the molecule is CSC[C@H](C)[C@@](C#N)(c1ccccc1)N1CCOCC1. The first-order valence-electron chi connectivity index (χ1n) is 7.04. The first-order chi connectivity index (χ1) is 9.75. The Morgan fingerprint density at radius 2 is 2.00 bits per heavy atom. The van der Waals surface area contributed by atoms with E-state index in [9.17, 15) is 5.26 Å². The normalized spacial score (nSPS) is 20.9. The lowest BCUT2D eigenvalue weighted by atomic mass is 9.79. The average Bonchev–Trinajstić information content (AvgIpc) is 2.51. The van der Waals surface area contributed by atoms with E-state index in [1.165, 1.54) is 0 Å². The zero-order chi connectivity index (χ0) is 14.4. The highest BCUT2D eigenvalue weighted by Gasteiger charge is 2.44. The van der Waals surface area contributed by atoms with Crippen molar-refractivity contribution >= 4 is 11.8 Å². The van der Waals surface area contributed by atoms with Gasteiger partial charge >= 0.3 is 0 Å². The van der Waals surface area contributed by atoms with Gasteiger partial charge in [0.05, 0.1) is 19.3 Å². The smallest absolute Gasteiger partial charge is 0.138 e. The summed E-state index contributed by atoms with van der Waals surface area (Å²) in [6, 6.07) is 12.8. The lowest BCUT2D eigenvalue weighted by molar-refractivity contribution is -0.0197. The standard InChI is InChI=1S/C16H22N2OS/c1-14(12-20-2)16(13-17,15-6-4-3-5-7-15)18-8-10-19-11-9-18/h3-7,14H,8-12H2,1-2H3/t14-,16-/m0/s1. The van der Waals surface area contributed by atoms with Crippen LogP contribution in [0.5, 0.6) is 0 Å². The van der Waals surface area contributed by atoms with Gasteiger partial charge < -0.3 is 4.74 Å². The molecule has 1 aromatic carbocycles. The molecule has 1 aliphatic heterocycles. The number of thioether (sulfide) groups is 1. The van der Waals surface area contributed by atoms with Gasteiger partial charge in [-0.15, -0.1) is 0 Å². The van der Waals surface area contributed by atoms with E-state index < -0.39 is 5.54 Å². The Morgan fingerprint density at radius 3 is 2.55 bits per heavy atom. The van der Waals surface area contributed by atoms with Crippen LogP contribution in [0, 0.1) is 17.2 Å². The number of benzene rings is 1. The molecule has 0 spiro atoms. The fourth-order valence-corrected chi connectivity index (χ4v) is 3.74. The number of nitriles is 1. The molecule has 0 unspecified atom stereocenters. The summed E-state index contributed by atoms with van der Waals surface area (Å²) >= 11 is 1.80. The van der Waals surface area contributed by atoms with Crippen LogP contribution in [0.25, 0.3) is 0 Å². The molecular formula is C16H22N2OS. The molecule has 1 heterocycles. The number of rotatable bonds is 5. The van der Waals surface area contributed by atoms with Crippen molar-refractivity contribution in [2.24, 2.45) is 5.92 Å². The molecule has 1 fully saturated rings. The molecule has 3 nitrogen and oxygen atoms in total. The van der Waals surface area contributed by atoms with Crippen LogP contribution in [0.2, 0.25) is 0 Å². The van der Waals surface area contributed by atoms with Gasteiger partial charge in [0.25, 0.3) is 0 Å². The Bertz CT molecular complexity index is 453. The molecule has 2 atom stereocenters. The summed E-state index contributed by atoms with van der Waals surface area (Å²) in [6.45, 7) is 5.25. The molecule has 0 aliphatic carbocycles. The minimum Gasteiger partial charge on any atom is -0.379 e. The molecule has 1 aliphatic rings. The summed E-state index contributed by atoms with van der Waals surface area (Å²) < 4.78 is 5.46. The van der Waals surface area contributed by atoms with Crippen LogP contribution in [0.3, 0.4) is 0 Å². The van der Waals surface area contributed by atoms with Gasteiger partial charge in [-0.2, -0.15) is 17.0 Å². The lowest BCUT2D eigenvalue weighted by Crippen LogP contribution is -2.54. The number of nitrogens with zero attached hydrogens (tertiary/aromatic N) is 2. The molecule has 108 valence electrons. The summed E-state index contributed by atoms with van der Waals surface area (Å²) in [6.07, 6.45) is 2.10.